The van der Waals surface area contributed by atoms with Crippen LogP contribution in [0.4, 0.5) is 0 Å². The van der Waals surface area contributed by atoms with Crippen molar-refractivity contribution in [1.29, 1.82) is 0 Å². The molecular weight excluding hydrogens is 447 g/mol. The Kier molecular flexibility index (Phi) is 4.50. The van der Waals surface area contributed by atoms with Gasteiger partial charge in [0.25, 0.3) is 11.8 Å². The maximum absolute atomic E-state index is 13.0. The molecule has 0 aromatic heterocycles. The van der Waals surface area contributed by atoms with Crippen LogP contribution in [-0.4, -0.2) is 23.0 Å². The number of hydrogen-bond donors (Lipinski definition) is 0. The van der Waals surface area contributed by atoms with E-state index in [4.69, 9.17) is 27.9 Å². The number of hydrazone groups is 1. The van der Waals surface area contributed by atoms with Crippen molar-refractivity contribution in [2.24, 2.45) is 34.2 Å². The number of carbonyl (C=O) groups is 2. The van der Waals surface area contributed by atoms with Gasteiger partial charge in [-0.1, -0.05) is 41.4 Å². The van der Waals surface area contributed by atoms with Crippen LogP contribution in [0.15, 0.2) is 59.7 Å². The average Bonchev–Trinajstić information content (AvgIpc) is 3.38. The molecule has 5 nitrogen and oxygen atoms in total. The largest absolute Gasteiger partial charge is 0.489 e. The average molecular weight is 467 g/mol. The molecule has 7 heteroatoms. The molecule has 2 bridgehead atoms. The zero-order valence-electron chi connectivity index (χ0n) is 17.1. The Morgan fingerprint density at radius 3 is 2.25 bits per heavy atom. The summed E-state index contributed by atoms with van der Waals surface area (Å²) in [5, 5.41) is 6.48. The van der Waals surface area contributed by atoms with Crippen molar-refractivity contribution in [3.63, 3.8) is 0 Å². The first-order valence-electron chi connectivity index (χ1n) is 10.7. The van der Waals surface area contributed by atoms with Crippen molar-refractivity contribution in [2.45, 2.75) is 19.4 Å². The van der Waals surface area contributed by atoms with E-state index in [1.807, 2.05) is 30.3 Å². The lowest BCUT2D eigenvalue weighted by Gasteiger charge is -2.18. The fraction of sp³-hybridized carbons (Fsp3) is 0.320. The third kappa shape index (κ3) is 2.95. The van der Waals surface area contributed by atoms with E-state index in [-0.39, 0.29) is 40.9 Å². The summed E-state index contributed by atoms with van der Waals surface area (Å²) in [5.41, 5.74) is 1.82. The summed E-state index contributed by atoms with van der Waals surface area (Å²) < 4.78 is 5.79. The lowest BCUT2D eigenvalue weighted by Crippen LogP contribution is -2.30. The number of ether oxygens (including phenoxy) is 1. The van der Waals surface area contributed by atoms with E-state index in [9.17, 15) is 9.59 Å². The molecule has 2 saturated carbocycles. The predicted octanol–water partition coefficient (Wildman–Crippen LogP) is 5.10. The number of benzene rings is 2. The van der Waals surface area contributed by atoms with Crippen LogP contribution in [-0.2, 0) is 16.2 Å². The highest BCUT2D eigenvalue weighted by atomic mass is 35.5. The lowest BCUT2D eigenvalue weighted by molar-refractivity contribution is -0.141. The first-order valence-corrected chi connectivity index (χ1v) is 11.5. The summed E-state index contributed by atoms with van der Waals surface area (Å²) in [6.07, 6.45) is 8.13. The second-order valence-corrected chi connectivity index (χ2v) is 9.89. The first-order chi connectivity index (χ1) is 15.5. The van der Waals surface area contributed by atoms with Crippen LogP contribution in [0.25, 0.3) is 0 Å². The lowest BCUT2D eigenvalue weighted by atomic mass is 9.85. The Bertz CT molecular complexity index is 1150. The molecule has 0 radical (unpaired) electrons. The summed E-state index contributed by atoms with van der Waals surface area (Å²) >= 11 is 12.1. The Morgan fingerprint density at radius 2 is 1.66 bits per heavy atom. The second-order valence-electron chi connectivity index (χ2n) is 9.05. The number of hydrogen-bond acceptors (Lipinski definition) is 4. The molecule has 3 aliphatic carbocycles. The van der Waals surface area contributed by atoms with Crippen LogP contribution in [0.1, 0.15) is 24.0 Å². The smallest absolute Gasteiger partial charge is 0.254 e. The number of rotatable bonds is 5. The maximum atomic E-state index is 13.0. The van der Waals surface area contributed by atoms with Gasteiger partial charge in [-0.3, -0.25) is 9.59 Å². The fourth-order valence-corrected chi connectivity index (χ4v) is 6.21. The molecule has 1 spiro atoms. The van der Waals surface area contributed by atoms with Gasteiger partial charge in [0.1, 0.15) is 12.4 Å². The highest BCUT2D eigenvalue weighted by Crippen LogP contribution is 2.73. The van der Waals surface area contributed by atoms with Crippen molar-refractivity contribution >= 4 is 41.2 Å². The molecular formula is C25H20Cl2N2O3. The molecule has 32 heavy (non-hydrogen) atoms. The molecule has 1 aliphatic heterocycles. The molecule has 0 unspecified atom stereocenters. The van der Waals surface area contributed by atoms with E-state index in [0.29, 0.717) is 22.4 Å². The normalized spacial score (nSPS) is 28.9. The molecule has 6 rings (SSSR count). The molecule has 2 amide bonds. The molecule has 3 fully saturated rings. The van der Waals surface area contributed by atoms with E-state index in [1.54, 1.807) is 18.3 Å². The van der Waals surface area contributed by atoms with Crippen LogP contribution < -0.4 is 4.74 Å². The molecule has 2 aromatic rings. The van der Waals surface area contributed by atoms with Crippen molar-refractivity contribution < 1.29 is 14.3 Å². The predicted molar refractivity (Wildman–Crippen MR) is 121 cm³/mol. The van der Waals surface area contributed by atoms with E-state index < -0.39 is 0 Å². The highest BCUT2D eigenvalue weighted by Gasteiger charge is 2.73. The van der Waals surface area contributed by atoms with Gasteiger partial charge in [0.2, 0.25) is 0 Å². The van der Waals surface area contributed by atoms with Gasteiger partial charge in [0, 0.05) is 15.6 Å². The van der Waals surface area contributed by atoms with Crippen molar-refractivity contribution in [2.75, 3.05) is 0 Å². The second kappa shape index (κ2) is 7.19. The summed E-state index contributed by atoms with van der Waals surface area (Å²) in [7, 11) is 0. The number of nitrogens with zero attached hydrogens (tertiary/aromatic N) is 2. The SMILES string of the molecule is O=C1[C@@H]2[C@@H](C(=O)N1/N=C\c1ccc(OCc3ccc(Cl)cc3Cl)cc1)[C@H]1C=C[C@H]2C12CC2. The zero-order valence-corrected chi connectivity index (χ0v) is 18.6. The Balaban J connectivity index is 1.11. The number of allylic oxidation sites excluding steroid dienone is 2. The monoisotopic (exact) mass is 466 g/mol. The van der Waals surface area contributed by atoms with Gasteiger partial charge in [-0.25, -0.2) is 0 Å². The molecule has 4 atom stereocenters. The highest BCUT2D eigenvalue weighted by molar-refractivity contribution is 6.35. The minimum Gasteiger partial charge on any atom is -0.489 e. The fourth-order valence-electron chi connectivity index (χ4n) is 5.75. The topological polar surface area (TPSA) is 59.0 Å². The van der Waals surface area contributed by atoms with Gasteiger partial charge >= 0.3 is 0 Å². The molecule has 162 valence electrons. The van der Waals surface area contributed by atoms with E-state index >= 15 is 0 Å². The number of halogens is 2. The van der Waals surface area contributed by atoms with Crippen molar-refractivity contribution in [3.05, 3.63) is 75.8 Å². The van der Waals surface area contributed by atoms with Crippen molar-refractivity contribution in [1.82, 2.24) is 5.01 Å². The quantitative estimate of drug-likeness (QED) is 0.349. The van der Waals surface area contributed by atoms with Gasteiger partial charge in [0.05, 0.1) is 18.1 Å². The van der Waals surface area contributed by atoms with E-state index in [2.05, 4.69) is 17.3 Å². The Morgan fingerprint density at radius 1 is 1.00 bits per heavy atom. The standard InChI is InChI=1S/C25H20Cl2N2O3/c26-16-4-3-15(20(27)11-16)13-32-17-5-1-14(2-6-17)12-28-29-23(30)21-18-7-8-19(22(21)24(29)31)25(18)9-10-25/h1-8,11-12,18-19,21-22H,9-10,13H2/b28-12-/t18-,19-,21+,22+/m1/s1. The van der Waals surface area contributed by atoms with Gasteiger partial charge in [-0.2, -0.15) is 10.1 Å². The Labute approximate surface area is 195 Å². The minimum atomic E-state index is -0.229. The minimum absolute atomic E-state index is 0.154. The number of amides is 2. The number of imide groups is 1. The number of fused-ring (bicyclic) bond motifs is 3. The summed E-state index contributed by atoms with van der Waals surface area (Å²) in [4.78, 5) is 25.9. The number of carbonyl (C=O) groups excluding carboxylic acids is 2. The van der Waals surface area contributed by atoms with Crippen LogP contribution in [0.3, 0.4) is 0 Å². The molecule has 0 N–H and O–H groups in total. The summed E-state index contributed by atoms with van der Waals surface area (Å²) in [5.74, 6) is 0.325. The van der Waals surface area contributed by atoms with Crippen molar-refractivity contribution in [3.8, 4) is 5.75 Å². The van der Waals surface area contributed by atoms with E-state index in [1.165, 1.54) is 0 Å². The van der Waals surface area contributed by atoms with E-state index in [0.717, 1.165) is 29.0 Å². The summed E-state index contributed by atoms with van der Waals surface area (Å²) in [6.45, 7) is 0.320. The molecule has 2 aromatic carbocycles. The van der Waals surface area contributed by atoms with Crippen LogP contribution in [0.5, 0.6) is 5.75 Å². The van der Waals surface area contributed by atoms with Crippen LogP contribution in [0, 0.1) is 29.1 Å². The third-order valence-corrected chi connectivity index (χ3v) is 8.03. The van der Waals surface area contributed by atoms with Gasteiger partial charge < -0.3 is 4.74 Å². The first kappa shape index (κ1) is 20.0. The van der Waals surface area contributed by atoms with Gasteiger partial charge in [0.15, 0.2) is 0 Å². The zero-order chi connectivity index (χ0) is 22.0. The molecule has 1 saturated heterocycles. The van der Waals surface area contributed by atoms with Crippen LogP contribution >= 0.6 is 23.2 Å². The third-order valence-electron chi connectivity index (χ3n) is 7.44. The maximum Gasteiger partial charge on any atom is 0.254 e. The van der Waals surface area contributed by atoms with Crippen LogP contribution in [0.2, 0.25) is 10.0 Å². The summed E-state index contributed by atoms with van der Waals surface area (Å²) in [6, 6.07) is 12.6. The Hall–Kier alpha value is -2.63. The molecule has 4 aliphatic rings. The van der Waals surface area contributed by atoms with Gasteiger partial charge in [-0.05, 0) is 72.1 Å². The van der Waals surface area contributed by atoms with Gasteiger partial charge in [-0.15, -0.1) is 0 Å². The molecule has 1 heterocycles.